The van der Waals surface area contributed by atoms with E-state index < -0.39 is 0 Å². The fraction of sp³-hybridized carbons (Fsp3) is 0.424. The standard InChI is InChI=1S/C33H37N9O4/c1-19-26-11-29(37-41(26)8-7-39(19)22-16-46-17-22)36-25-9-21(14-38(4)31(25)44)23-5-6-34-30(24(23)15-43)42-32(45)27-10-20-12-33(2,3)13-28(20)40(27)18-35-42/h5-6,9-11,14,18-19,22,43H,7-8,12-13,15-17H2,1-4H3,(H,36,37). The minimum Gasteiger partial charge on any atom is -0.392 e. The zero-order chi connectivity index (χ0) is 31.9. The van der Waals surface area contributed by atoms with Crippen LogP contribution in [0.2, 0.25) is 0 Å². The number of pyridine rings is 2. The Balaban J connectivity index is 1.15. The molecule has 1 saturated heterocycles. The smallest absolute Gasteiger partial charge is 0.297 e. The predicted octanol–water partition coefficient (Wildman–Crippen LogP) is 2.58. The van der Waals surface area contributed by atoms with Crippen LogP contribution in [-0.4, -0.2) is 69.3 Å². The van der Waals surface area contributed by atoms with Crippen LogP contribution < -0.4 is 16.4 Å². The fourth-order valence-electron chi connectivity index (χ4n) is 7.38. The minimum absolute atomic E-state index is 0.145. The molecule has 13 heteroatoms. The maximum absolute atomic E-state index is 13.7. The van der Waals surface area contributed by atoms with E-state index in [4.69, 9.17) is 9.84 Å². The fourth-order valence-corrected chi connectivity index (χ4v) is 7.38. The number of hydrogen-bond donors (Lipinski definition) is 2. The summed E-state index contributed by atoms with van der Waals surface area (Å²) in [4.78, 5) is 34.0. The number of ether oxygens (including phenoxy) is 1. The molecule has 8 rings (SSSR count). The number of rotatable bonds is 6. The largest absolute Gasteiger partial charge is 0.392 e. The number of aryl methyl sites for hydroxylation is 1. The molecule has 46 heavy (non-hydrogen) atoms. The van der Waals surface area contributed by atoms with Crippen molar-refractivity contribution in [2.75, 3.05) is 25.1 Å². The summed E-state index contributed by atoms with van der Waals surface area (Å²) in [6.07, 6.45) is 6.73. The molecule has 1 atom stereocenters. The Morgan fingerprint density at radius 3 is 2.70 bits per heavy atom. The SMILES string of the molecule is CC1c2cc(Nc3cc(-c4ccnc(-n5ncn6c7c(cc6c5=O)CC(C)(C)C7)c4CO)cn(C)c3=O)nn2CCN1C1COC1. The van der Waals surface area contributed by atoms with Gasteiger partial charge in [-0.1, -0.05) is 13.8 Å². The third-order valence-corrected chi connectivity index (χ3v) is 9.79. The van der Waals surface area contributed by atoms with E-state index in [0.29, 0.717) is 39.8 Å². The number of hydrogen-bond acceptors (Lipinski definition) is 9. The normalized spacial score (nSPS) is 19.3. The molecule has 5 aromatic rings. The Hall–Kier alpha value is -4.59. The van der Waals surface area contributed by atoms with Gasteiger partial charge in [-0.05, 0) is 54.5 Å². The molecule has 0 saturated carbocycles. The average Bonchev–Trinajstić information content (AvgIpc) is 3.66. The van der Waals surface area contributed by atoms with Crippen molar-refractivity contribution in [2.24, 2.45) is 12.5 Å². The van der Waals surface area contributed by atoms with Crippen LogP contribution in [0.5, 0.6) is 0 Å². The van der Waals surface area contributed by atoms with Gasteiger partial charge in [0.2, 0.25) is 0 Å². The van der Waals surface area contributed by atoms with Gasteiger partial charge in [0.05, 0.1) is 38.1 Å². The van der Waals surface area contributed by atoms with E-state index >= 15 is 0 Å². The number of fused-ring (bicyclic) bond motifs is 4. The van der Waals surface area contributed by atoms with Crippen LogP contribution in [0.25, 0.3) is 22.5 Å². The molecule has 1 fully saturated rings. The molecule has 13 nitrogen and oxygen atoms in total. The molecule has 0 aromatic carbocycles. The van der Waals surface area contributed by atoms with Crippen LogP contribution in [0.3, 0.4) is 0 Å². The summed E-state index contributed by atoms with van der Waals surface area (Å²) in [5, 5.41) is 23.1. The van der Waals surface area contributed by atoms with Gasteiger partial charge in [0.25, 0.3) is 11.1 Å². The highest BCUT2D eigenvalue weighted by Gasteiger charge is 2.35. The number of aliphatic hydroxyl groups is 1. The number of anilines is 2. The van der Waals surface area contributed by atoms with Gasteiger partial charge in [0, 0.05) is 54.9 Å². The van der Waals surface area contributed by atoms with Crippen molar-refractivity contribution >= 4 is 17.0 Å². The Kier molecular flexibility index (Phi) is 6.57. The Morgan fingerprint density at radius 2 is 1.93 bits per heavy atom. The van der Waals surface area contributed by atoms with Gasteiger partial charge in [-0.3, -0.25) is 23.6 Å². The number of aliphatic hydroxyl groups excluding tert-OH is 1. The lowest BCUT2D eigenvalue weighted by atomic mass is 9.90. The highest BCUT2D eigenvalue weighted by Crippen LogP contribution is 2.37. The molecular formula is C33H37N9O4. The van der Waals surface area contributed by atoms with Crippen LogP contribution in [0.1, 0.15) is 49.3 Å². The van der Waals surface area contributed by atoms with Crippen molar-refractivity contribution in [1.82, 2.24) is 38.4 Å². The van der Waals surface area contributed by atoms with E-state index in [2.05, 4.69) is 41.1 Å². The van der Waals surface area contributed by atoms with Gasteiger partial charge in [-0.15, -0.1) is 0 Å². The maximum atomic E-state index is 13.7. The van der Waals surface area contributed by atoms with Gasteiger partial charge in [0.1, 0.15) is 17.5 Å². The molecule has 0 spiro atoms. The lowest BCUT2D eigenvalue weighted by Crippen LogP contribution is -2.52. The number of nitrogens with zero attached hydrogens (tertiary/aromatic N) is 8. The quantitative estimate of drug-likeness (QED) is 0.293. The Labute approximate surface area is 264 Å². The lowest BCUT2D eigenvalue weighted by molar-refractivity contribution is -0.0847. The summed E-state index contributed by atoms with van der Waals surface area (Å²) in [6.45, 7) is 9.40. The topological polar surface area (TPSA) is 137 Å². The van der Waals surface area contributed by atoms with Gasteiger partial charge in [-0.25, -0.2) is 4.98 Å². The van der Waals surface area contributed by atoms with Crippen LogP contribution in [0, 0.1) is 5.41 Å². The second-order valence-corrected chi connectivity index (χ2v) is 13.5. The van der Waals surface area contributed by atoms with Crippen LogP contribution in [0.15, 0.2) is 52.6 Å². The van der Waals surface area contributed by atoms with E-state index in [0.717, 1.165) is 56.1 Å². The molecule has 3 aliphatic rings. The van der Waals surface area contributed by atoms with E-state index in [-0.39, 0.29) is 35.0 Å². The Morgan fingerprint density at radius 1 is 1.11 bits per heavy atom. The summed E-state index contributed by atoms with van der Waals surface area (Å²) < 4.78 is 12.0. The summed E-state index contributed by atoms with van der Waals surface area (Å²) >= 11 is 0. The molecule has 238 valence electrons. The molecular weight excluding hydrogens is 586 g/mol. The van der Waals surface area contributed by atoms with E-state index in [9.17, 15) is 14.7 Å². The first-order chi connectivity index (χ1) is 22.1. The van der Waals surface area contributed by atoms with Crippen molar-refractivity contribution in [2.45, 2.75) is 58.8 Å². The lowest BCUT2D eigenvalue weighted by Gasteiger charge is -2.43. The summed E-state index contributed by atoms with van der Waals surface area (Å²) in [5.41, 5.74) is 5.59. The maximum Gasteiger partial charge on any atom is 0.297 e. The van der Waals surface area contributed by atoms with Crippen molar-refractivity contribution < 1.29 is 9.84 Å². The molecule has 1 aliphatic carbocycles. The highest BCUT2D eigenvalue weighted by atomic mass is 16.5. The molecule has 2 aliphatic heterocycles. The molecule has 2 N–H and O–H groups in total. The van der Waals surface area contributed by atoms with E-state index in [1.165, 1.54) is 9.25 Å². The Bertz CT molecular complexity index is 2140. The highest BCUT2D eigenvalue weighted by molar-refractivity contribution is 5.73. The van der Waals surface area contributed by atoms with Crippen molar-refractivity contribution in [3.8, 4) is 16.9 Å². The molecule has 0 amide bonds. The van der Waals surface area contributed by atoms with Gasteiger partial charge >= 0.3 is 0 Å². The molecule has 0 radical (unpaired) electrons. The van der Waals surface area contributed by atoms with Crippen molar-refractivity contribution in [3.05, 3.63) is 86.2 Å². The van der Waals surface area contributed by atoms with Crippen molar-refractivity contribution in [3.63, 3.8) is 0 Å². The van der Waals surface area contributed by atoms with Gasteiger partial charge < -0.3 is 19.7 Å². The van der Waals surface area contributed by atoms with Crippen LogP contribution in [-0.2, 0) is 37.8 Å². The first-order valence-electron chi connectivity index (χ1n) is 15.7. The third kappa shape index (κ3) is 4.52. The molecule has 7 heterocycles. The number of nitrogens with one attached hydrogen (secondary N) is 1. The van der Waals surface area contributed by atoms with Gasteiger partial charge in [-0.2, -0.15) is 14.9 Å². The number of aromatic nitrogens is 7. The summed E-state index contributed by atoms with van der Waals surface area (Å²) in [6, 6.07) is 8.07. The molecule has 0 bridgehead atoms. The first kappa shape index (κ1) is 28.9. The second kappa shape index (κ2) is 10.5. The van der Waals surface area contributed by atoms with E-state index in [1.54, 1.807) is 37.9 Å². The zero-order valence-corrected chi connectivity index (χ0v) is 26.4. The average molecular weight is 624 g/mol. The first-order valence-corrected chi connectivity index (χ1v) is 15.7. The summed E-state index contributed by atoms with van der Waals surface area (Å²) in [7, 11) is 1.68. The third-order valence-electron chi connectivity index (χ3n) is 9.79. The molecule has 5 aromatic heterocycles. The summed E-state index contributed by atoms with van der Waals surface area (Å²) in [5.74, 6) is 0.835. The van der Waals surface area contributed by atoms with Crippen LogP contribution >= 0.6 is 0 Å². The zero-order valence-electron chi connectivity index (χ0n) is 26.4. The second-order valence-electron chi connectivity index (χ2n) is 13.5. The predicted molar refractivity (Wildman–Crippen MR) is 172 cm³/mol. The minimum atomic E-state index is -0.386. The monoisotopic (exact) mass is 623 g/mol. The van der Waals surface area contributed by atoms with Gasteiger partial charge in [0.15, 0.2) is 11.6 Å². The van der Waals surface area contributed by atoms with Crippen LogP contribution in [0.4, 0.5) is 11.5 Å². The van der Waals surface area contributed by atoms with E-state index in [1.807, 2.05) is 21.2 Å². The van der Waals surface area contributed by atoms with Crippen molar-refractivity contribution in [1.29, 1.82) is 0 Å². The molecule has 1 unspecified atom stereocenters.